The largest absolute Gasteiger partial charge is 0.444 e. The SMILES string of the molecule is CN(C(=O)OC(C)(C)C)C1CCN(C(=O)c2cc(I)ccc2F)CC1. The number of amides is 2. The van der Waals surface area contributed by atoms with Crippen molar-refractivity contribution in [2.24, 2.45) is 0 Å². The maximum atomic E-state index is 13.9. The van der Waals surface area contributed by atoms with Crippen molar-refractivity contribution in [1.29, 1.82) is 0 Å². The van der Waals surface area contributed by atoms with E-state index in [9.17, 15) is 14.0 Å². The number of rotatable bonds is 2. The molecule has 2 amide bonds. The molecule has 138 valence electrons. The van der Waals surface area contributed by atoms with Crippen LogP contribution in [-0.4, -0.2) is 53.6 Å². The lowest BCUT2D eigenvalue weighted by Gasteiger charge is -2.37. The minimum atomic E-state index is -0.538. The Hall–Kier alpha value is -1.38. The first-order valence-electron chi connectivity index (χ1n) is 8.28. The fourth-order valence-electron chi connectivity index (χ4n) is 2.77. The molecule has 25 heavy (non-hydrogen) atoms. The topological polar surface area (TPSA) is 49.9 Å². The van der Waals surface area contributed by atoms with Crippen LogP contribution < -0.4 is 0 Å². The van der Waals surface area contributed by atoms with Gasteiger partial charge >= 0.3 is 6.09 Å². The van der Waals surface area contributed by atoms with Gasteiger partial charge in [-0.05, 0) is 74.4 Å². The van der Waals surface area contributed by atoms with Crippen LogP contribution in [0.3, 0.4) is 0 Å². The second-order valence-electron chi connectivity index (χ2n) is 7.24. The zero-order chi connectivity index (χ0) is 18.8. The quantitative estimate of drug-likeness (QED) is 0.627. The van der Waals surface area contributed by atoms with Crippen LogP contribution >= 0.6 is 22.6 Å². The highest BCUT2D eigenvalue weighted by molar-refractivity contribution is 14.1. The van der Waals surface area contributed by atoms with Crippen LogP contribution in [0.15, 0.2) is 18.2 Å². The molecule has 0 N–H and O–H groups in total. The molecule has 0 radical (unpaired) electrons. The molecule has 5 nitrogen and oxygen atoms in total. The van der Waals surface area contributed by atoms with Gasteiger partial charge in [0, 0.05) is 29.7 Å². The molecule has 7 heteroatoms. The minimum Gasteiger partial charge on any atom is -0.444 e. The summed E-state index contributed by atoms with van der Waals surface area (Å²) >= 11 is 2.06. The summed E-state index contributed by atoms with van der Waals surface area (Å²) in [6.07, 6.45) is 0.931. The Labute approximate surface area is 161 Å². The molecule has 1 saturated heterocycles. The third-order valence-electron chi connectivity index (χ3n) is 4.14. The fraction of sp³-hybridized carbons (Fsp3) is 0.556. The van der Waals surface area contributed by atoms with E-state index in [1.54, 1.807) is 29.0 Å². The molecule has 2 rings (SSSR count). The van der Waals surface area contributed by atoms with Gasteiger partial charge in [0.15, 0.2) is 0 Å². The zero-order valence-electron chi connectivity index (χ0n) is 15.0. The molecule has 1 aliphatic heterocycles. The minimum absolute atomic E-state index is 0.0136. The third-order valence-corrected chi connectivity index (χ3v) is 4.81. The number of likely N-dealkylation sites (tertiary alicyclic amines) is 1. The number of piperidine rings is 1. The molecule has 1 aliphatic rings. The van der Waals surface area contributed by atoms with Gasteiger partial charge in [0.1, 0.15) is 11.4 Å². The normalized spacial score (nSPS) is 15.8. The summed E-state index contributed by atoms with van der Waals surface area (Å²) in [4.78, 5) is 27.9. The number of carbonyl (C=O) groups is 2. The molecular formula is C18H24FIN2O3. The summed E-state index contributed by atoms with van der Waals surface area (Å²) in [5.74, 6) is -0.798. The average molecular weight is 462 g/mol. The van der Waals surface area contributed by atoms with Crippen molar-refractivity contribution in [3.05, 3.63) is 33.1 Å². The van der Waals surface area contributed by atoms with E-state index in [1.165, 1.54) is 6.07 Å². The molecule has 1 fully saturated rings. The summed E-state index contributed by atoms with van der Waals surface area (Å²) < 4.78 is 20.1. The number of carbonyl (C=O) groups excluding carboxylic acids is 2. The molecule has 0 spiro atoms. The standard InChI is InChI=1S/C18H24FIN2O3/c1-18(2,3)25-17(24)21(4)13-7-9-22(10-8-13)16(23)14-11-12(20)5-6-15(14)19/h5-6,11,13H,7-10H2,1-4H3. The number of nitrogens with zero attached hydrogens (tertiary/aromatic N) is 2. The van der Waals surface area contributed by atoms with Crippen molar-refractivity contribution < 1.29 is 18.7 Å². The van der Waals surface area contributed by atoms with Gasteiger partial charge in [-0.2, -0.15) is 0 Å². The van der Waals surface area contributed by atoms with Crippen LogP contribution in [-0.2, 0) is 4.74 Å². The Morgan fingerprint density at radius 1 is 1.28 bits per heavy atom. The number of ether oxygens (including phenoxy) is 1. The van der Waals surface area contributed by atoms with Gasteiger partial charge in [0.05, 0.1) is 5.56 Å². The first-order valence-corrected chi connectivity index (χ1v) is 9.36. The molecule has 0 atom stereocenters. The lowest BCUT2D eigenvalue weighted by Crippen LogP contribution is -2.48. The van der Waals surface area contributed by atoms with Crippen LogP contribution in [0.1, 0.15) is 44.0 Å². The van der Waals surface area contributed by atoms with Gasteiger partial charge in [0.2, 0.25) is 0 Å². The maximum absolute atomic E-state index is 13.9. The van der Waals surface area contributed by atoms with Crippen molar-refractivity contribution in [2.45, 2.75) is 45.3 Å². The number of hydrogen-bond donors (Lipinski definition) is 0. The van der Waals surface area contributed by atoms with E-state index in [1.807, 2.05) is 20.8 Å². The van der Waals surface area contributed by atoms with E-state index in [0.717, 1.165) is 3.57 Å². The Morgan fingerprint density at radius 3 is 2.44 bits per heavy atom. The van der Waals surface area contributed by atoms with Crippen LogP contribution in [0.4, 0.5) is 9.18 Å². The maximum Gasteiger partial charge on any atom is 0.410 e. The first kappa shape index (κ1) is 19.9. The monoisotopic (exact) mass is 462 g/mol. The number of benzene rings is 1. The molecule has 1 heterocycles. The Bertz CT molecular complexity index is 652. The number of halogens is 2. The summed E-state index contributed by atoms with van der Waals surface area (Å²) in [7, 11) is 1.72. The van der Waals surface area contributed by atoms with Crippen molar-refractivity contribution in [1.82, 2.24) is 9.80 Å². The Morgan fingerprint density at radius 2 is 1.88 bits per heavy atom. The molecular weight excluding hydrogens is 438 g/mol. The highest BCUT2D eigenvalue weighted by Crippen LogP contribution is 2.21. The summed E-state index contributed by atoms with van der Waals surface area (Å²) in [6.45, 7) is 6.46. The van der Waals surface area contributed by atoms with Gasteiger partial charge in [0.25, 0.3) is 5.91 Å². The fourth-order valence-corrected chi connectivity index (χ4v) is 3.26. The Kier molecular flexibility index (Phi) is 6.29. The van der Waals surface area contributed by atoms with Crippen LogP contribution in [0, 0.1) is 9.39 Å². The molecule has 0 bridgehead atoms. The van der Waals surface area contributed by atoms with Gasteiger partial charge in [-0.15, -0.1) is 0 Å². The van der Waals surface area contributed by atoms with E-state index in [0.29, 0.717) is 25.9 Å². The van der Waals surface area contributed by atoms with Crippen molar-refractivity contribution in [2.75, 3.05) is 20.1 Å². The van der Waals surface area contributed by atoms with Crippen molar-refractivity contribution in [3.63, 3.8) is 0 Å². The summed E-state index contributed by atoms with van der Waals surface area (Å²) in [6, 6.07) is 4.53. The zero-order valence-corrected chi connectivity index (χ0v) is 17.2. The molecule has 0 unspecified atom stereocenters. The molecule has 0 aliphatic carbocycles. The van der Waals surface area contributed by atoms with Crippen molar-refractivity contribution in [3.8, 4) is 0 Å². The molecule has 0 aromatic heterocycles. The van der Waals surface area contributed by atoms with Gasteiger partial charge < -0.3 is 14.5 Å². The third kappa shape index (κ3) is 5.29. The van der Waals surface area contributed by atoms with E-state index in [2.05, 4.69) is 22.6 Å². The first-order chi connectivity index (χ1) is 11.6. The lowest BCUT2D eigenvalue weighted by molar-refractivity contribution is 0.0155. The second-order valence-corrected chi connectivity index (χ2v) is 8.48. The lowest BCUT2D eigenvalue weighted by atomic mass is 10.0. The molecule has 1 aromatic carbocycles. The highest BCUT2D eigenvalue weighted by atomic mass is 127. The van der Waals surface area contributed by atoms with Crippen LogP contribution in [0.25, 0.3) is 0 Å². The van der Waals surface area contributed by atoms with Gasteiger partial charge in [-0.3, -0.25) is 4.79 Å². The summed E-state index contributed by atoms with van der Waals surface area (Å²) in [5, 5.41) is 0. The van der Waals surface area contributed by atoms with Gasteiger partial charge in [-0.25, -0.2) is 9.18 Å². The van der Waals surface area contributed by atoms with E-state index in [-0.39, 0.29) is 23.6 Å². The van der Waals surface area contributed by atoms with Gasteiger partial charge in [-0.1, -0.05) is 0 Å². The van der Waals surface area contributed by atoms with E-state index in [4.69, 9.17) is 4.74 Å². The molecule has 1 aromatic rings. The molecule has 0 saturated carbocycles. The summed E-state index contributed by atoms with van der Waals surface area (Å²) in [5.41, 5.74) is -0.435. The van der Waals surface area contributed by atoms with E-state index >= 15 is 0 Å². The Balaban J connectivity index is 1.96. The van der Waals surface area contributed by atoms with Crippen LogP contribution in [0.5, 0.6) is 0 Å². The predicted molar refractivity (Wildman–Crippen MR) is 102 cm³/mol. The van der Waals surface area contributed by atoms with Crippen molar-refractivity contribution >= 4 is 34.6 Å². The number of hydrogen-bond acceptors (Lipinski definition) is 3. The highest BCUT2D eigenvalue weighted by Gasteiger charge is 2.30. The van der Waals surface area contributed by atoms with E-state index < -0.39 is 11.4 Å². The second kappa shape index (κ2) is 7.88. The average Bonchev–Trinajstić information content (AvgIpc) is 2.54. The predicted octanol–water partition coefficient (Wildman–Crippen LogP) is 3.90. The van der Waals surface area contributed by atoms with Crippen LogP contribution in [0.2, 0.25) is 0 Å². The smallest absolute Gasteiger partial charge is 0.410 e.